The third-order valence-corrected chi connectivity index (χ3v) is 7.24. The maximum Gasteiger partial charge on any atom is 0.261 e. The van der Waals surface area contributed by atoms with E-state index in [1.807, 2.05) is 4.90 Å². The Labute approximate surface area is 163 Å². The number of nitrogens with one attached hydrogen (secondary N) is 1. The van der Waals surface area contributed by atoms with Crippen LogP contribution in [-0.4, -0.2) is 35.8 Å². The number of thiophene rings is 1. The minimum Gasteiger partial charge on any atom is -0.348 e. The number of hydrogen-bond donors (Lipinski definition) is 1. The zero-order chi connectivity index (χ0) is 18.4. The lowest BCUT2D eigenvalue weighted by atomic mass is 9.91. The summed E-state index contributed by atoms with van der Waals surface area (Å²) in [5, 5.41) is 3.21. The van der Waals surface area contributed by atoms with Gasteiger partial charge in [-0.1, -0.05) is 24.3 Å². The van der Waals surface area contributed by atoms with E-state index in [1.165, 1.54) is 21.6 Å². The van der Waals surface area contributed by atoms with E-state index in [0.717, 1.165) is 56.5 Å². The number of benzene rings is 1. The van der Waals surface area contributed by atoms with Crippen molar-refractivity contribution < 1.29 is 9.59 Å². The van der Waals surface area contributed by atoms with E-state index < -0.39 is 0 Å². The van der Waals surface area contributed by atoms with Crippen LogP contribution in [0.1, 0.15) is 46.5 Å². The van der Waals surface area contributed by atoms with Gasteiger partial charge in [0, 0.05) is 29.9 Å². The van der Waals surface area contributed by atoms with E-state index >= 15 is 0 Å². The van der Waals surface area contributed by atoms with Crippen molar-refractivity contribution in [2.75, 3.05) is 13.1 Å². The summed E-state index contributed by atoms with van der Waals surface area (Å²) in [4.78, 5) is 29.0. The molecule has 1 aromatic carbocycles. The molecule has 5 heteroatoms. The van der Waals surface area contributed by atoms with E-state index in [9.17, 15) is 9.59 Å². The van der Waals surface area contributed by atoms with E-state index in [0.29, 0.717) is 5.91 Å². The van der Waals surface area contributed by atoms with Gasteiger partial charge < -0.3 is 10.2 Å². The summed E-state index contributed by atoms with van der Waals surface area (Å²) in [5.41, 5.74) is 3.97. The molecule has 2 fully saturated rings. The van der Waals surface area contributed by atoms with E-state index in [-0.39, 0.29) is 17.9 Å². The van der Waals surface area contributed by atoms with Crippen LogP contribution in [0, 0.1) is 5.92 Å². The Morgan fingerprint density at radius 3 is 2.52 bits per heavy atom. The summed E-state index contributed by atoms with van der Waals surface area (Å²) >= 11 is 1.62. The molecule has 0 atom stereocenters. The largest absolute Gasteiger partial charge is 0.348 e. The Kier molecular flexibility index (Phi) is 4.27. The number of amides is 2. The maximum atomic E-state index is 12.8. The molecule has 1 saturated carbocycles. The summed E-state index contributed by atoms with van der Waals surface area (Å²) in [5.74, 6) is 0.652. The number of carbonyl (C=O) groups is 2. The van der Waals surface area contributed by atoms with Crippen LogP contribution >= 0.6 is 11.3 Å². The van der Waals surface area contributed by atoms with Crippen molar-refractivity contribution >= 4 is 23.2 Å². The van der Waals surface area contributed by atoms with Gasteiger partial charge in [-0.05, 0) is 61.3 Å². The molecule has 1 aromatic heterocycles. The molecule has 3 aliphatic rings. The SMILES string of the molecule is O=C(NC1CCN(C(=O)C2CC2)CC1)c1cc2c(s1)-c1ccccc1CC2. The van der Waals surface area contributed by atoms with Gasteiger partial charge in [0.2, 0.25) is 5.91 Å². The highest BCUT2D eigenvalue weighted by atomic mass is 32.1. The quantitative estimate of drug-likeness (QED) is 0.884. The Balaban J connectivity index is 1.24. The molecule has 5 rings (SSSR count). The summed E-state index contributed by atoms with van der Waals surface area (Å²) in [7, 11) is 0. The van der Waals surface area contributed by atoms with Crippen molar-refractivity contribution in [2.45, 2.75) is 44.6 Å². The molecule has 0 unspecified atom stereocenters. The van der Waals surface area contributed by atoms with Crippen molar-refractivity contribution in [1.29, 1.82) is 0 Å². The molecule has 1 N–H and O–H groups in total. The number of likely N-dealkylation sites (tertiary alicyclic amines) is 1. The van der Waals surface area contributed by atoms with Crippen molar-refractivity contribution in [1.82, 2.24) is 10.2 Å². The van der Waals surface area contributed by atoms with Crippen molar-refractivity contribution in [2.24, 2.45) is 5.92 Å². The highest BCUT2D eigenvalue weighted by Crippen LogP contribution is 2.39. The first-order valence-corrected chi connectivity index (χ1v) is 10.8. The Bertz CT molecular complexity index is 891. The number of rotatable bonds is 3. The standard InChI is InChI=1S/C22H24N2O2S/c25-21(23-17-9-11-24(12-10-17)22(26)15-6-7-15)19-13-16-8-5-14-3-1-2-4-18(14)20(16)27-19/h1-4,13,15,17H,5-12H2,(H,23,25). The molecular formula is C22H24N2O2S. The molecule has 0 radical (unpaired) electrons. The number of carbonyl (C=O) groups excluding carboxylic acids is 2. The normalized spacial score (nSPS) is 19.3. The average Bonchev–Trinajstić information content (AvgIpc) is 3.45. The first kappa shape index (κ1) is 17.0. The number of hydrogen-bond acceptors (Lipinski definition) is 3. The zero-order valence-electron chi connectivity index (χ0n) is 15.4. The van der Waals surface area contributed by atoms with Crippen LogP contribution in [0.5, 0.6) is 0 Å². The molecule has 140 valence electrons. The van der Waals surface area contributed by atoms with Crippen molar-refractivity contribution in [3.8, 4) is 10.4 Å². The fourth-order valence-electron chi connectivity index (χ4n) is 4.27. The third kappa shape index (κ3) is 3.29. The molecule has 2 aliphatic carbocycles. The van der Waals surface area contributed by atoms with E-state index in [2.05, 4.69) is 35.6 Å². The van der Waals surface area contributed by atoms with Crippen LogP contribution in [0.2, 0.25) is 0 Å². The summed E-state index contributed by atoms with van der Waals surface area (Å²) in [6, 6.07) is 10.8. The maximum absolute atomic E-state index is 12.8. The van der Waals surface area contributed by atoms with Crippen molar-refractivity contribution in [3.05, 3.63) is 46.3 Å². The lowest BCUT2D eigenvalue weighted by Gasteiger charge is -2.32. The van der Waals surface area contributed by atoms with Crippen LogP contribution in [0.25, 0.3) is 10.4 Å². The smallest absolute Gasteiger partial charge is 0.261 e. The predicted octanol–water partition coefficient (Wildman–Crippen LogP) is 3.64. The van der Waals surface area contributed by atoms with Gasteiger partial charge in [0.15, 0.2) is 0 Å². The molecule has 1 aliphatic heterocycles. The molecule has 27 heavy (non-hydrogen) atoms. The minimum absolute atomic E-state index is 0.0406. The van der Waals surface area contributed by atoms with Crippen LogP contribution < -0.4 is 5.32 Å². The van der Waals surface area contributed by atoms with Crippen molar-refractivity contribution in [3.63, 3.8) is 0 Å². The second kappa shape index (κ2) is 6.79. The fraction of sp³-hybridized carbons (Fsp3) is 0.455. The van der Waals surface area contributed by atoms with Gasteiger partial charge in [-0.3, -0.25) is 9.59 Å². The van der Waals surface area contributed by atoms with Crippen LogP contribution in [0.3, 0.4) is 0 Å². The van der Waals surface area contributed by atoms with E-state index in [4.69, 9.17) is 0 Å². The van der Waals surface area contributed by atoms with Gasteiger partial charge in [0.05, 0.1) is 4.88 Å². The van der Waals surface area contributed by atoms with Gasteiger partial charge >= 0.3 is 0 Å². The molecule has 0 bridgehead atoms. The van der Waals surface area contributed by atoms with Gasteiger partial charge in [-0.15, -0.1) is 11.3 Å². The highest BCUT2D eigenvalue weighted by Gasteiger charge is 2.35. The molecule has 1 saturated heterocycles. The third-order valence-electron chi connectivity index (χ3n) is 6.03. The Morgan fingerprint density at radius 2 is 1.74 bits per heavy atom. The second-order valence-corrected chi connectivity index (χ2v) is 9.02. The summed E-state index contributed by atoms with van der Waals surface area (Å²) in [6.07, 6.45) is 5.89. The van der Waals surface area contributed by atoms with Gasteiger partial charge in [0.1, 0.15) is 0 Å². The first-order chi connectivity index (χ1) is 13.2. The number of aryl methyl sites for hydroxylation is 2. The number of nitrogens with zero attached hydrogens (tertiary/aromatic N) is 1. The first-order valence-electron chi connectivity index (χ1n) is 9.99. The molecule has 2 heterocycles. The summed E-state index contributed by atoms with van der Waals surface area (Å²) < 4.78 is 0. The number of piperidine rings is 1. The fourth-order valence-corrected chi connectivity index (χ4v) is 5.45. The van der Waals surface area contributed by atoms with E-state index in [1.54, 1.807) is 11.3 Å². The molecule has 4 nitrogen and oxygen atoms in total. The molecular weight excluding hydrogens is 356 g/mol. The predicted molar refractivity (Wildman–Crippen MR) is 107 cm³/mol. The van der Waals surface area contributed by atoms with Gasteiger partial charge in [-0.2, -0.15) is 0 Å². The molecule has 2 aromatic rings. The Hall–Kier alpha value is -2.14. The Morgan fingerprint density at radius 1 is 1.00 bits per heavy atom. The van der Waals surface area contributed by atoms with Crippen LogP contribution in [-0.2, 0) is 17.6 Å². The van der Waals surface area contributed by atoms with Gasteiger partial charge in [-0.25, -0.2) is 0 Å². The minimum atomic E-state index is 0.0406. The number of fused-ring (bicyclic) bond motifs is 3. The molecule has 2 amide bonds. The summed E-state index contributed by atoms with van der Waals surface area (Å²) in [6.45, 7) is 1.54. The highest BCUT2D eigenvalue weighted by molar-refractivity contribution is 7.17. The van der Waals surface area contributed by atoms with Crippen LogP contribution in [0.15, 0.2) is 30.3 Å². The monoisotopic (exact) mass is 380 g/mol. The topological polar surface area (TPSA) is 49.4 Å². The lowest BCUT2D eigenvalue weighted by Crippen LogP contribution is -2.46. The van der Waals surface area contributed by atoms with Gasteiger partial charge in [0.25, 0.3) is 5.91 Å². The zero-order valence-corrected chi connectivity index (χ0v) is 16.2. The molecule has 0 spiro atoms. The van der Waals surface area contributed by atoms with Crippen LogP contribution in [0.4, 0.5) is 0 Å². The second-order valence-electron chi connectivity index (χ2n) is 7.97. The average molecular weight is 381 g/mol. The lowest BCUT2D eigenvalue weighted by molar-refractivity contribution is -0.133.